The molecular formula is C19H35NO6. The van der Waals surface area contributed by atoms with Gasteiger partial charge in [0.25, 0.3) is 0 Å². The first-order chi connectivity index (χ1) is 12.5. The van der Waals surface area contributed by atoms with Crippen molar-refractivity contribution >= 4 is 17.9 Å². The zero-order valence-electron chi connectivity index (χ0n) is 16.0. The SMILES string of the molecule is CCCCCCCCCCCCOC(=O)CCNC(CC(=O)O)C(=O)O. The molecule has 0 aliphatic carbocycles. The molecule has 0 aliphatic heterocycles. The fraction of sp³-hybridized carbons (Fsp3) is 0.842. The van der Waals surface area contributed by atoms with Crippen LogP contribution in [0, 0.1) is 0 Å². The molecule has 3 N–H and O–H groups in total. The quantitative estimate of drug-likeness (QED) is 0.249. The van der Waals surface area contributed by atoms with Gasteiger partial charge in [0.05, 0.1) is 19.4 Å². The van der Waals surface area contributed by atoms with E-state index in [1.807, 2.05) is 0 Å². The Hall–Kier alpha value is -1.63. The van der Waals surface area contributed by atoms with Gasteiger partial charge in [-0.05, 0) is 6.42 Å². The zero-order chi connectivity index (χ0) is 19.6. The number of hydrogen-bond acceptors (Lipinski definition) is 5. The predicted molar refractivity (Wildman–Crippen MR) is 99.1 cm³/mol. The highest BCUT2D eigenvalue weighted by Crippen LogP contribution is 2.10. The van der Waals surface area contributed by atoms with E-state index >= 15 is 0 Å². The number of ether oxygens (including phenoxy) is 1. The van der Waals surface area contributed by atoms with E-state index in [9.17, 15) is 14.4 Å². The van der Waals surface area contributed by atoms with E-state index < -0.39 is 30.4 Å². The first-order valence-corrected chi connectivity index (χ1v) is 9.81. The van der Waals surface area contributed by atoms with Gasteiger partial charge < -0.3 is 20.3 Å². The normalized spacial score (nSPS) is 11.9. The van der Waals surface area contributed by atoms with Gasteiger partial charge in [0.15, 0.2) is 0 Å². The molecule has 0 aromatic rings. The summed E-state index contributed by atoms with van der Waals surface area (Å²) in [6.45, 7) is 2.68. The lowest BCUT2D eigenvalue weighted by molar-refractivity contribution is -0.146. The number of nitrogens with one attached hydrogen (secondary N) is 1. The molecule has 0 aromatic carbocycles. The van der Waals surface area contributed by atoms with E-state index in [2.05, 4.69) is 12.2 Å². The van der Waals surface area contributed by atoms with Crippen molar-refractivity contribution in [2.24, 2.45) is 0 Å². The third kappa shape index (κ3) is 15.9. The number of carbonyl (C=O) groups excluding carboxylic acids is 1. The van der Waals surface area contributed by atoms with Gasteiger partial charge in [-0.1, -0.05) is 64.7 Å². The van der Waals surface area contributed by atoms with Crippen molar-refractivity contribution in [1.82, 2.24) is 5.32 Å². The summed E-state index contributed by atoms with van der Waals surface area (Å²) in [4.78, 5) is 32.9. The second kappa shape index (κ2) is 16.8. The Morgan fingerprint density at radius 3 is 1.92 bits per heavy atom. The molecule has 0 aliphatic rings. The monoisotopic (exact) mass is 373 g/mol. The smallest absolute Gasteiger partial charge is 0.321 e. The van der Waals surface area contributed by atoms with Crippen LogP contribution in [0.5, 0.6) is 0 Å². The molecule has 0 spiro atoms. The van der Waals surface area contributed by atoms with Gasteiger partial charge in [-0.3, -0.25) is 14.4 Å². The molecule has 0 amide bonds. The molecule has 152 valence electrons. The third-order valence-electron chi connectivity index (χ3n) is 4.16. The molecule has 1 atom stereocenters. The van der Waals surface area contributed by atoms with Crippen molar-refractivity contribution < 1.29 is 29.3 Å². The predicted octanol–water partition coefficient (Wildman–Crippen LogP) is 3.36. The van der Waals surface area contributed by atoms with Crippen LogP contribution in [-0.2, 0) is 19.1 Å². The molecule has 0 radical (unpaired) electrons. The molecular weight excluding hydrogens is 338 g/mol. The Bertz CT molecular complexity index is 399. The van der Waals surface area contributed by atoms with E-state index in [4.69, 9.17) is 14.9 Å². The van der Waals surface area contributed by atoms with E-state index in [0.717, 1.165) is 19.3 Å². The highest BCUT2D eigenvalue weighted by atomic mass is 16.5. The number of unbranched alkanes of at least 4 members (excludes halogenated alkanes) is 9. The highest BCUT2D eigenvalue weighted by Gasteiger charge is 2.20. The van der Waals surface area contributed by atoms with Crippen LogP contribution in [0.2, 0.25) is 0 Å². The molecule has 0 rings (SSSR count). The number of rotatable bonds is 18. The number of carboxylic acids is 2. The minimum atomic E-state index is -1.24. The van der Waals surface area contributed by atoms with Crippen molar-refractivity contribution in [3.63, 3.8) is 0 Å². The van der Waals surface area contributed by atoms with Gasteiger partial charge in [-0.15, -0.1) is 0 Å². The van der Waals surface area contributed by atoms with Crippen LogP contribution in [0.25, 0.3) is 0 Å². The van der Waals surface area contributed by atoms with Crippen LogP contribution in [-0.4, -0.2) is 47.3 Å². The summed E-state index contributed by atoms with van der Waals surface area (Å²) in [5.41, 5.74) is 0. The number of carboxylic acid groups (broad SMARTS) is 2. The van der Waals surface area contributed by atoms with Crippen LogP contribution in [0.4, 0.5) is 0 Å². The molecule has 26 heavy (non-hydrogen) atoms. The number of aliphatic carboxylic acids is 2. The van der Waals surface area contributed by atoms with Crippen LogP contribution in [0.3, 0.4) is 0 Å². The van der Waals surface area contributed by atoms with E-state index in [-0.39, 0.29) is 13.0 Å². The minimum absolute atomic E-state index is 0.0289. The maximum atomic E-state index is 11.6. The third-order valence-corrected chi connectivity index (χ3v) is 4.16. The first-order valence-electron chi connectivity index (χ1n) is 9.81. The molecule has 7 nitrogen and oxygen atoms in total. The first kappa shape index (κ1) is 24.4. The van der Waals surface area contributed by atoms with Gasteiger partial charge in [0.1, 0.15) is 6.04 Å². The fourth-order valence-corrected chi connectivity index (χ4v) is 2.62. The van der Waals surface area contributed by atoms with E-state index in [1.54, 1.807) is 0 Å². The Kier molecular flexibility index (Phi) is 15.8. The van der Waals surface area contributed by atoms with E-state index in [1.165, 1.54) is 44.9 Å². The Morgan fingerprint density at radius 2 is 1.42 bits per heavy atom. The van der Waals surface area contributed by atoms with Crippen molar-refractivity contribution in [1.29, 1.82) is 0 Å². The number of hydrogen-bond donors (Lipinski definition) is 3. The lowest BCUT2D eigenvalue weighted by Crippen LogP contribution is -2.39. The highest BCUT2D eigenvalue weighted by molar-refractivity contribution is 5.80. The molecule has 0 aromatic heterocycles. The summed E-state index contributed by atoms with van der Waals surface area (Å²) in [7, 11) is 0. The summed E-state index contributed by atoms with van der Waals surface area (Å²) in [6, 6.07) is -1.19. The van der Waals surface area contributed by atoms with Crippen LogP contribution in [0.1, 0.15) is 84.0 Å². The second-order valence-corrected chi connectivity index (χ2v) is 6.60. The van der Waals surface area contributed by atoms with Crippen LogP contribution in [0.15, 0.2) is 0 Å². The van der Waals surface area contributed by atoms with Gasteiger partial charge in [0, 0.05) is 6.54 Å². The Labute approximate surface area is 156 Å². The average Bonchev–Trinajstić information content (AvgIpc) is 2.58. The number of carbonyl (C=O) groups is 3. The maximum Gasteiger partial charge on any atom is 0.321 e. The molecule has 7 heteroatoms. The summed E-state index contributed by atoms with van der Waals surface area (Å²) in [6.07, 6.45) is 11.6. The molecule has 0 heterocycles. The van der Waals surface area contributed by atoms with Gasteiger partial charge in [-0.2, -0.15) is 0 Å². The average molecular weight is 373 g/mol. The topological polar surface area (TPSA) is 113 Å². The zero-order valence-corrected chi connectivity index (χ0v) is 16.0. The van der Waals surface area contributed by atoms with Gasteiger partial charge in [-0.25, -0.2) is 0 Å². The summed E-state index contributed by atoms with van der Waals surface area (Å²) >= 11 is 0. The van der Waals surface area contributed by atoms with Crippen molar-refractivity contribution in [2.75, 3.05) is 13.2 Å². The molecule has 0 saturated heterocycles. The Balaban J connectivity index is 3.49. The van der Waals surface area contributed by atoms with E-state index in [0.29, 0.717) is 6.61 Å². The van der Waals surface area contributed by atoms with Crippen LogP contribution >= 0.6 is 0 Å². The summed E-state index contributed by atoms with van der Waals surface area (Å²) in [5, 5.41) is 20.0. The van der Waals surface area contributed by atoms with Gasteiger partial charge >= 0.3 is 17.9 Å². The van der Waals surface area contributed by atoms with Crippen LogP contribution < -0.4 is 5.32 Å². The largest absolute Gasteiger partial charge is 0.481 e. The lowest BCUT2D eigenvalue weighted by Gasteiger charge is -2.11. The lowest BCUT2D eigenvalue weighted by atomic mass is 10.1. The van der Waals surface area contributed by atoms with Crippen molar-refractivity contribution in [3.05, 3.63) is 0 Å². The summed E-state index contributed by atoms with van der Waals surface area (Å²) in [5.74, 6) is -2.84. The summed E-state index contributed by atoms with van der Waals surface area (Å²) < 4.78 is 5.09. The second-order valence-electron chi connectivity index (χ2n) is 6.60. The fourth-order valence-electron chi connectivity index (χ4n) is 2.62. The standard InChI is InChI=1S/C19H35NO6/c1-2-3-4-5-6-7-8-9-10-11-14-26-18(23)12-13-20-16(19(24)25)15-17(21)22/h16,20H,2-15H2,1H3,(H,21,22)(H,24,25). The van der Waals surface area contributed by atoms with Gasteiger partial charge in [0.2, 0.25) is 0 Å². The molecule has 0 bridgehead atoms. The Morgan fingerprint density at radius 1 is 0.885 bits per heavy atom. The van der Waals surface area contributed by atoms with Crippen molar-refractivity contribution in [2.45, 2.75) is 90.0 Å². The molecule has 1 unspecified atom stereocenters. The van der Waals surface area contributed by atoms with Crippen molar-refractivity contribution in [3.8, 4) is 0 Å². The minimum Gasteiger partial charge on any atom is -0.481 e. The molecule has 0 saturated carbocycles. The maximum absolute atomic E-state index is 11.6. The number of esters is 1. The molecule has 0 fully saturated rings.